The smallest absolute Gasteiger partial charge is 0.276 e. The van der Waals surface area contributed by atoms with Gasteiger partial charge in [0.2, 0.25) is 5.91 Å². The highest BCUT2D eigenvalue weighted by atomic mass is 35.5. The number of halogens is 1. The maximum atomic E-state index is 13.2. The maximum absolute atomic E-state index is 13.2. The zero-order valence-electron chi connectivity index (χ0n) is 18.6. The molecule has 4 rings (SSSR count). The minimum Gasteiger partial charge on any atom is -0.351 e. The molecule has 0 spiro atoms. The first-order valence-electron chi connectivity index (χ1n) is 10.9. The second kappa shape index (κ2) is 8.58. The zero-order chi connectivity index (χ0) is 23.0. The van der Waals surface area contributed by atoms with Crippen LogP contribution in [0.2, 0.25) is 5.02 Å². The zero-order valence-corrected chi connectivity index (χ0v) is 19.3. The molecule has 1 saturated carbocycles. The Morgan fingerprint density at radius 3 is 2.59 bits per heavy atom. The Balaban J connectivity index is 1.54. The van der Waals surface area contributed by atoms with Crippen molar-refractivity contribution in [2.24, 2.45) is 0 Å². The van der Waals surface area contributed by atoms with Gasteiger partial charge >= 0.3 is 0 Å². The van der Waals surface area contributed by atoms with Gasteiger partial charge in [0.25, 0.3) is 11.8 Å². The van der Waals surface area contributed by atoms with Crippen LogP contribution >= 0.6 is 11.6 Å². The number of hydrogen-bond donors (Lipinski definition) is 2. The molecule has 1 atom stereocenters. The van der Waals surface area contributed by atoms with Crippen molar-refractivity contribution in [3.8, 4) is 0 Å². The minimum atomic E-state index is -1.09. The molecular formula is C23H28ClN5O3. The van der Waals surface area contributed by atoms with Crippen LogP contribution in [0.5, 0.6) is 0 Å². The van der Waals surface area contributed by atoms with Crippen molar-refractivity contribution in [1.82, 2.24) is 20.0 Å². The molecule has 2 N–H and O–H groups in total. The topological polar surface area (TPSA) is 96.3 Å². The number of likely N-dealkylation sites (N-methyl/N-ethyl adjacent to an activating group) is 1. The molecule has 32 heavy (non-hydrogen) atoms. The molecule has 8 nitrogen and oxygen atoms in total. The van der Waals surface area contributed by atoms with E-state index in [1.54, 1.807) is 32.2 Å². The maximum Gasteiger partial charge on any atom is 0.276 e. The number of rotatable bonds is 4. The number of fused-ring (bicyclic) bond motifs is 1. The van der Waals surface area contributed by atoms with Crippen molar-refractivity contribution in [3.05, 3.63) is 46.2 Å². The summed E-state index contributed by atoms with van der Waals surface area (Å²) in [5.74, 6) is -0.961. The highest BCUT2D eigenvalue weighted by molar-refractivity contribution is 6.30. The van der Waals surface area contributed by atoms with Gasteiger partial charge in [-0.05, 0) is 50.5 Å². The number of hydrogen-bond acceptors (Lipinski definition) is 4. The van der Waals surface area contributed by atoms with Gasteiger partial charge in [-0.1, -0.05) is 30.9 Å². The van der Waals surface area contributed by atoms with Crippen LogP contribution in [-0.4, -0.2) is 51.0 Å². The molecule has 2 aliphatic rings. The van der Waals surface area contributed by atoms with Gasteiger partial charge in [0, 0.05) is 29.9 Å². The second-order valence-electron chi connectivity index (χ2n) is 8.93. The second-order valence-corrected chi connectivity index (χ2v) is 9.37. The van der Waals surface area contributed by atoms with Gasteiger partial charge < -0.3 is 15.5 Å². The molecule has 1 aliphatic carbocycles. The van der Waals surface area contributed by atoms with E-state index >= 15 is 0 Å². The van der Waals surface area contributed by atoms with E-state index in [0.29, 0.717) is 10.7 Å². The molecule has 9 heteroatoms. The quantitative estimate of drug-likeness (QED) is 0.735. The number of carbonyl (C=O) groups is 3. The van der Waals surface area contributed by atoms with E-state index in [1.165, 1.54) is 22.1 Å². The summed E-state index contributed by atoms with van der Waals surface area (Å²) >= 11 is 5.98. The Labute approximate surface area is 192 Å². The third-order valence-electron chi connectivity index (χ3n) is 6.60. The lowest BCUT2D eigenvalue weighted by molar-refractivity contribution is -0.133. The monoisotopic (exact) mass is 457 g/mol. The number of carbonyl (C=O) groups excluding carboxylic acids is 3. The summed E-state index contributed by atoms with van der Waals surface area (Å²) in [4.78, 5) is 40.5. The summed E-state index contributed by atoms with van der Waals surface area (Å²) in [7, 11) is 1.62. The normalized spacial score (nSPS) is 21.2. The van der Waals surface area contributed by atoms with Crippen LogP contribution in [0.25, 0.3) is 0 Å². The summed E-state index contributed by atoms with van der Waals surface area (Å²) < 4.78 is 1.46. The van der Waals surface area contributed by atoms with Gasteiger partial charge in [0.15, 0.2) is 5.69 Å². The van der Waals surface area contributed by atoms with Crippen molar-refractivity contribution in [3.63, 3.8) is 0 Å². The van der Waals surface area contributed by atoms with Crippen LogP contribution in [0.15, 0.2) is 24.3 Å². The van der Waals surface area contributed by atoms with Crippen LogP contribution in [0, 0.1) is 6.92 Å². The van der Waals surface area contributed by atoms with E-state index in [-0.39, 0.29) is 35.8 Å². The molecular weight excluding hydrogens is 430 g/mol. The Kier molecular flexibility index (Phi) is 5.99. The molecule has 1 aliphatic heterocycles. The van der Waals surface area contributed by atoms with Gasteiger partial charge in [-0.25, -0.2) is 0 Å². The highest BCUT2D eigenvalue weighted by Crippen LogP contribution is 2.28. The van der Waals surface area contributed by atoms with Crippen molar-refractivity contribution < 1.29 is 14.4 Å². The van der Waals surface area contributed by atoms with E-state index in [0.717, 1.165) is 31.2 Å². The van der Waals surface area contributed by atoms with Gasteiger partial charge in [-0.2, -0.15) is 5.10 Å². The largest absolute Gasteiger partial charge is 0.351 e. The molecule has 2 aromatic rings. The molecule has 0 bridgehead atoms. The van der Waals surface area contributed by atoms with Crippen LogP contribution < -0.4 is 10.6 Å². The molecule has 0 unspecified atom stereocenters. The molecule has 1 aromatic carbocycles. The number of nitrogens with zero attached hydrogens (tertiary/aromatic N) is 3. The molecule has 3 amide bonds. The first-order chi connectivity index (χ1) is 15.2. The fraction of sp³-hybridized carbons (Fsp3) is 0.478. The third-order valence-corrected chi connectivity index (χ3v) is 6.84. The standard InChI is InChI=1S/C23H28ClN5O3/c1-14-11-15(24)9-10-17(14)26-20(30)18-12-19-21(31)28(3)23(2,13-29(19)27-18)22(32)25-16-7-5-4-6-8-16/h9-12,16H,4-8,13H2,1-3H3,(H,25,32)(H,26,30)/t23-/m1/s1. The van der Waals surface area contributed by atoms with Gasteiger partial charge in [0.1, 0.15) is 11.2 Å². The fourth-order valence-electron chi connectivity index (χ4n) is 4.38. The number of benzene rings is 1. The number of aryl methyl sites for hydroxylation is 1. The van der Waals surface area contributed by atoms with E-state index in [1.807, 2.05) is 6.92 Å². The Hall–Kier alpha value is -2.87. The van der Waals surface area contributed by atoms with Crippen LogP contribution in [0.3, 0.4) is 0 Å². The van der Waals surface area contributed by atoms with Crippen molar-refractivity contribution in [2.75, 3.05) is 12.4 Å². The SMILES string of the molecule is Cc1cc(Cl)ccc1NC(=O)c1cc2n(n1)C[C@](C)(C(=O)NC1CCCCC1)N(C)C2=O. The summed E-state index contributed by atoms with van der Waals surface area (Å²) in [5.41, 5.74) is 0.748. The van der Waals surface area contributed by atoms with Crippen molar-refractivity contribution in [2.45, 2.75) is 64.1 Å². The average molecular weight is 458 g/mol. The predicted octanol–water partition coefficient (Wildman–Crippen LogP) is 3.39. The number of aromatic nitrogens is 2. The Morgan fingerprint density at radius 1 is 1.19 bits per heavy atom. The first kappa shape index (κ1) is 22.3. The van der Waals surface area contributed by atoms with E-state index in [2.05, 4.69) is 15.7 Å². The van der Waals surface area contributed by atoms with Gasteiger partial charge in [-0.3, -0.25) is 19.1 Å². The molecule has 170 valence electrons. The van der Waals surface area contributed by atoms with E-state index < -0.39 is 11.4 Å². The lowest BCUT2D eigenvalue weighted by Crippen LogP contribution is -2.63. The summed E-state index contributed by atoms with van der Waals surface area (Å²) in [6.45, 7) is 3.76. The average Bonchev–Trinajstić information content (AvgIpc) is 3.18. The molecule has 2 heterocycles. The summed E-state index contributed by atoms with van der Waals surface area (Å²) in [6.07, 6.45) is 5.32. The Morgan fingerprint density at radius 2 is 1.91 bits per heavy atom. The molecule has 1 fully saturated rings. The molecule has 0 saturated heterocycles. The summed E-state index contributed by atoms with van der Waals surface area (Å²) in [5, 5.41) is 10.9. The molecule has 0 radical (unpaired) electrons. The predicted molar refractivity (Wildman–Crippen MR) is 122 cm³/mol. The van der Waals surface area contributed by atoms with Crippen LogP contribution in [-0.2, 0) is 11.3 Å². The van der Waals surface area contributed by atoms with Gasteiger partial charge in [-0.15, -0.1) is 0 Å². The number of anilines is 1. The van der Waals surface area contributed by atoms with Crippen molar-refractivity contribution in [1.29, 1.82) is 0 Å². The van der Waals surface area contributed by atoms with Gasteiger partial charge in [0.05, 0.1) is 6.54 Å². The molecule has 1 aromatic heterocycles. The lowest BCUT2D eigenvalue weighted by atomic mass is 9.92. The third kappa shape index (κ3) is 4.11. The van der Waals surface area contributed by atoms with Crippen LogP contribution in [0.1, 0.15) is 65.6 Å². The fourth-order valence-corrected chi connectivity index (χ4v) is 4.61. The lowest BCUT2D eigenvalue weighted by Gasteiger charge is -2.41. The number of amides is 3. The summed E-state index contributed by atoms with van der Waals surface area (Å²) in [6, 6.07) is 6.77. The van der Waals surface area contributed by atoms with E-state index in [9.17, 15) is 14.4 Å². The van der Waals surface area contributed by atoms with E-state index in [4.69, 9.17) is 11.6 Å². The first-order valence-corrected chi connectivity index (χ1v) is 11.3. The van der Waals surface area contributed by atoms with Crippen molar-refractivity contribution >= 4 is 35.0 Å². The minimum absolute atomic E-state index is 0.119. The van der Waals surface area contributed by atoms with Crippen LogP contribution in [0.4, 0.5) is 5.69 Å². The Bertz CT molecular complexity index is 1080. The highest BCUT2D eigenvalue weighted by Gasteiger charge is 2.46. The number of nitrogens with one attached hydrogen (secondary N) is 2.